The summed E-state index contributed by atoms with van der Waals surface area (Å²) >= 11 is 0. The minimum atomic E-state index is -3.70. The molecule has 0 amide bonds. The molecule has 0 aromatic rings. The second-order valence-corrected chi connectivity index (χ2v) is 4.37. The fourth-order valence-electron chi connectivity index (χ4n) is 1.04. The lowest BCUT2D eigenvalue weighted by atomic mass is 10.2. The topological polar surface area (TPSA) is 80.4 Å². The molecule has 3 N–H and O–H groups in total. The first kappa shape index (κ1) is 13.1. The molecule has 0 aromatic heterocycles. The van der Waals surface area contributed by atoms with Crippen LogP contribution in [0.1, 0.15) is 13.8 Å². The number of sulfonamides is 1. The molecule has 5 heteroatoms. The van der Waals surface area contributed by atoms with Crippen molar-refractivity contribution < 1.29 is 13.5 Å². The van der Waals surface area contributed by atoms with E-state index in [9.17, 15) is 8.42 Å². The molecule has 0 bridgehead atoms. The van der Waals surface area contributed by atoms with Crippen molar-refractivity contribution in [2.45, 2.75) is 13.8 Å². The largest absolute Gasteiger partial charge is 0.392 e. The van der Waals surface area contributed by atoms with Crippen LogP contribution in [0.15, 0.2) is 34.8 Å². The number of hydrogen-bond acceptors (Lipinski definition) is 3. The van der Waals surface area contributed by atoms with Crippen molar-refractivity contribution in [3.63, 3.8) is 0 Å². The first-order chi connectivity index (χ1) is 6.32. The minimum Gasteiger partial charge on any atom is -0.392 e. The van der Waals surface area contributed by atoms with Crippen LogP contribution < -0.4 is 5.14 Å². The van der Waals surface area contributed by atoms with Gasteiger partial charge in [-0.3, -0.25) is 0 Å². The zero-order valence-electron chi connectivity index (χ0n) is 8.32. The smallest absolute Gasteiger partial charge is 0.237 e. The predicted octanol–water partition coefficient (Wildman–Crippen LogP) is 0.673. The maximum Gasteiger partial charge on any atom is 0.237 e. The van der Waals surface area contributed by atoms with Gasteiger partial charge in [-0.25, -0.2) is 13.6 Å². The third-order valence-corrected chi connectivity index (χ3v) is 2.75. The van der Waals surface area contributed by atoms with Crippen LogP contribution in [-0.4, -0.2) is 20.1 Å². The number of aliphatic hydroxyl groups excluding tert-OH is 1. The third kappa shape index (κ3) is 3.87. The third-order valence-electron chi connectivity index (χ3n) is 1.58. The molecule has 0 aliphatic rings. The van der Waals surface area contributed by atoms with Gasteiger partial charge in [-0.2, -0.15) is 0 Å². The van der Waals surface area contributed by atoms with Crippen LogP contribution in [-0.2, 0) is 10.0 Å². The van der Waals surface area contributed by atoms with E-state index >= 15 is 0 Å². The average molecular weight is 217 g/mol. The number of rotatable bonds is 4. The van der Waals surface area contributed by atoms with E-state index in [1.165, 1.54) is 12.2 Å². The van der Waals surface area contributed by atoms with E-state index in [2.05, 4.69) is 6.58 Å². The summed E-state index contributed by atoms with van der Waals surface area (Å²) in [6, 6.07) is 0. The van der Waals surface area contributed by atoms with E-state index in [1.54, 1.807) is 13.8 Å². The van der Waals surface area contributed by atoms with Gasteiger partial charge in [0.1, 0.15) is 0 Å². The second-order valence-electron chi connectivity index (χ2n) is 2.84. The van der Waals surface area contributed by atoms with Crippen LogP contribution in [0.4, 0.5) is 0 Å². The summed E-state index contributed by atoms with van der Waals surface area (Å²) in [6.45, 7) is 6.49. The predicted molar refractivity (Wildman–Crippen MR) is 56.8 cm³/mol. The molecule has 0 heterocycles. The summed E-state index contributed by atoms with van der Waals surface area (Å²) < 4.78 is 22.1. The Morgan fingerprint density at radius 2 is 2.07 bits per heavy atom. The van der Waals surface area contributed by atoms with Crippen LogP contribution >= 0.6 is 0 Å². The molecule has 80 valence electrons. The standard InChI is InChI=1S/C9H15NO3S/c1-4-9(14(10,12)13)8(3)5-7(2)6-11/h4-5,11H,2,6H2,1,3H3,(H2,10,12,13)/b8-5-,9-4+. The monoisotopic (exact) mass is 217 g/mol. The Balaban J connectivity index is 5.12. The summed E-state index contributed by atoms with van der Waals surface area (Å²) in [6.07, 6.45) is 2.89. The van der Waals surface area contributed by atoms with Crippen LogP contribution in [0.25, 0.3) is 0 Å². The minimum absolute atomic E-state index is 0.0482. The van der Waals surface area contributed by atoms with E-state index in [4.69, 9.17) is 10.2 Å². The van der Waals surface area contributed by atoms with Gasteiger partial charge in [0.15, 0.2) is 0 Å². The summed E-state index contributed by atoms with van der Waals surface area (Å²) in [7, 11) is -3.70. The van der Waals surface area contributed by atoms with Crippen molar-refractivity contribution in [3.8, 4) is 0 Å². The van der Waals surface area contributed by atoms with E-state index in [0.717, 1.165) is 0 Å². The fourth-order valence-corrected chi connectivity index (χ4v) is 1.88. The molecule has 0 saturated carbocycles. The van der Waals surface area contributed by atoms with Crippen LogP contribution in [0.3, 0.4) is 0 Å². The Labute approximate surface area is 84.5 Å². The maximum absolute atomic E-state index is 11.1. The van der Waals surface area contributed by atoms with E-state index in [0.29, 0.717) is 11.1 Å². The normalized spacial score (nSPS) is 14.3. The van der Waals surface area contributed by atoms with Crippen LogP contribution in [0.2, 0.25) is 0 Å². The number of hydrogen-bond donors (Lipinski definition) is 2. The number of primary sulfonamides is 1. The molecule has 0 aliphatic heterocycles. The molecule has 0 aromatic carbocycles. The summed E-state index contributed by atoms with van der Waals surface area (Å²) in [5.41, 5.74) is 0.902. The van der Waals surface area contributed by atoms with E-state index < -0.39 is 10.0 Å². The summed E-state index contributed by atoms with van der Waals surface area (Å²) in [5.74, 6) is 0. The Hall–Kier alpha value is -0.910. The van der Waals surface area contributed by atoms with Crippen molar-refractivity contribution in [2.75, 3.05) is 6.61 Å². The number of allylic oxidation sites excluding steroid dienone is 2. The maximum atomic E-state index is 11.1. The Morgan fingerprint density at radius 1 is 1.57 bits per heavy atom. The zero-order valence-corrected chi connectivity index (χ0v) is 9.13. The molecule has 0 saturated heterocycles. The summed E-state index contributed by atoms with van der Waals surface area (Å²) in [5, 5.41) is 13.7. The van der Waals surface area contributed by atoms with E-state index in [1.807, 2.05) is 0 Å². The molecule has 0 fully saturated rings. The molecule has 0 unspecified atom stereocenters. The van der Waals surface area contributed by atoms with Crippen LogP contribution in [0.5, 0.6) is 0 Å². The highest BCUT2D eigenvalue weighted by molar-refractivity contribution is 7.93. The van der Waals surface area contributed by atoms with Gasteiger partial charge in [0.2, 0.25) is 10.0 Å². The van der Waals surface area contributed by atoms with Crippen molar-refractivity contribution >= 4 is 10.0 Å². The molecule has 0 rings (SSSR count). The Kier molecular flexibility index (Phi) is 4.76. The van der Waals surface area contributed by atoms with Gasteiger partial charge in [0.05, 0.1) is 11.5 Å². The molecule has 0 atom stereocenters. The van der Waals surface area contributed by atoms with Crippen molar-refractivity contribution in [3.05, 3.63) is 34.8 Å². The lowest BCUT2D eigenvalue weighted by Crippen LogP contribution is -2.15. The van der Waals surface area contributed by atoms with Crippen molar-refractivity contribution in [1.82, 2.24) is 0 Å². The quantitative estimate of drug-likeness (QED) is 0.679. The molecule has 0 spiro atoms. The van der Waals surface area contributed by atoms with Gasteiger partial charge >= 0.3 is 0 Å². The zero-order chi connectivity index (χ0) is 11.4. The number of nitrogens with two attached hydrogens (primary N) is 1. The first-order valence-electron chi connectivity index (χ1n) is 3.99. The lowest BCUT2D eigenvalue weighted by Gasteiger charge is -2.04. The second kappa shape index (κ2) is 5.09. The van der Waals surface area contributed by atoms with Gasteiger partial charge in [-0.05, 0) is 25.0 Å². The SMILES string of the molecule is C=C(/C=C(C)\C(=C/C)S(N)(=O)=O)CO. The molecule has 14 heavy (non-hydrogen) atoms. The summed E-state index contributed by atoms with van der Waals surface area (Å²) in [4.78, 5) is 0.0482. The van der Waals surface area contributed by atoms with Gasteiger partial charge in [0, 0.05) is 0 Å². The molecule has 0 aliphatic carbocycles. The lowest BCUT2D eigenvalue weighted by molar-refractivity contribution is 0.335. The van der Waals surface area contributed by atoms with Crippen molar-refractivity contribution in [2.24, 2.45) is 5.14 Å². The molecular formula is C9H15NO3S. The number of aliphatic hydroxyl groups is 1. The fraction of sp³-hybridized carbons (Fsp3) is 0.333. The highest BCUT2D eigenvalue weighted by Gasteiger charge is 2.12. The molecule has 4 nitrogen and oxygen atoms in total. The molecular weight excluding hydrogens is 202 g/mol. The van der Waals surface area contributed by atoms with Gasteiger partial charge < -0.3 is 5.11 Å². The van der Waals surface area contributed by atoms with Gasteiger partial charge in [-0.15, -0.1) is 0 Å². The highest BCUT2D eigenvalue weighted by Crippen LogP contribution is 2.15. The van der Waals surface area contributed by atoms with E-state index in [-0.39, 0.29) is 11.5 Å². The Bertz CT molecular complexity index is 377. The average Bonchev–Trinajstić information content (AvgIpc) is 2.02. The Morgan fingerprint density at radius 3 is 2.36 bits per heavy atom. The van der Waals surface area contributed by atoms with Gasteiger partial charge in [-0.1, -0.05) is 18.7 Å². The first-order valence-corrected chi connectivity index (χ1v) is 5.54. The van der Waals surface area contributed by atoms with Gasteiger partial charge in [0.25, 0.3) is 0 Å². The molecule has 0 radical (unpaired) electrons. The highest BCUT2D eigenvalue weighted by atomic mass is 32.2. The van der Waals surface area contributed by atoms with Crippen molar-refractivity contribution in [1.29, 1.82) is 0 Å². The van der Waals surface area contributed by atoms with Crippen LogP contribution in [0, 0.1) is 0 Å².